The second-order valence-electron chi connectivity index (χ2n) is 7.14. The summed E-state index contributed by atoms with van der Waals surface area (Å²) < 4.78 is 2.36. The first-order valence-corrected chi connectivity index (χ1v) is 9.42. The summed E-state index contributed by atoms with van der Waals surface area (Å²) in [6.45, 7) is 3.68. The van der Waals surface area contributed by atoms with Crippen molar-refractivity contribution >= 4 is 40.1 Å². The first-order chi connectivity index (χ1) is 12.1. The number of nitrogens with zero attached hydrogens (tertiary/aromatic N) is 2. The second-order valence-corrected chi connectivity index (χ2v) is 7.58. The summed E-state index contributed by atoms with van der Waals surface area (Å²) in [5.74, 6) is 1.22. The number of anilines is 1. The minimum Gasteiger partial charge on any atom is -0.346 e. The van der Waals surface area contributed by atoms with Crippen LogP contribution in [0, 0.1) is 6.92 Å². The molecule has 26 heavy (non-hydrogen) atoms. The van der Waals surface area contributed by atoms with Gasteiger partial charge in [-0.15, -0.1) is 17.0 Å². The van der Waals surface area contributed by atoms with Crippen LogP contribution in [-0.2, 0) is 5.72 Å². The van der Waals surface area contributed by atoms with Crippen LogP contribution in [0.2, 0.25) is 5.02 Å². The third-order valence-corrected chi connectivity index (χ3v) is 5.58. The molecule has 1 atom stereocenters. The van der Waals surface area contributed by atoms with Crippen molar-refractivity contribution < 1.29 is 9.68 Å². The fraction of sp³-hybridized carbons (Fsp3) is 0.381. The zero-order valence-electron chi connectivity index (χ0n) is 15.0. The van der Waals surface area contributed by atoms with Gasteiger partial charge in [0.25, 0.3) is 11.6 Å². The van der Waals surface area contributed by atoms with Crippen LogP contribution in [0.4, 0.5) is 5.69 Å². The maximum Gasteiger partial charge on any atom is 0.275 e. The van der Waals surface area contributed by atoms with Gasteiger partial charge in [-0.2, -0.15) is 4.90 Å². The van der Waals surface area contributed by atoms with Gasteiger partial charge in [0.15, 0.2) is 6.54 Å². The van der Waals surface area contributed by atoms with Crippen molar-refractivity contribution in [3.05, 3.63) is 64.7 Å². The summed E-state index contributed by atoms with van der Waals surface area (Å²) in [6.07, 6.45) is 4.59. The van der Waals surface area contributed by atoms with E-state index < -0.39 is 5.72 Å². The topological polar surface area (TPSA) is 26.5 Å². The molecule has 3 nitrogen and oxygen atoms in total. The average molecular weight is 437 g/mol. The Labute approximate surface area is 170 Å². The van der Waals surface area contributed by atoms with E-state index >= 15 is 0 Å². The molecule has 0 fully saturated rings. The van der Waals surface area contributed by atoms with Gasteiger partial charge in [0.05, 0.1) is 6.54 Å². The summed E-state index contributed by atoms with van der Waals surface area (Å²) in [7, 11) is 0. The first kappa shape index (κ1) is 19.4. The van der Waals surface area contributed by atoms with Crippen molar-refractivity contribution in [2.45, 2.75) is 38.3 Å². The van der Waals surface area contributed by atoms with Crippen molar-refractivity contribution in [1.82, 2.24) is 0 Å². The average Bonchev–Trinajstić information content (AvgIpc) is 2.74. The highest BCUT2D eigenvalue weighted by molar-refractivity contribution is 8.93. The highest BCUT2D eigenvalue weighted by Crippen LogP contribution is 2.38. The molecule has 1 unspecified atom stereocenters. The van der Waals surface area contributed by atoms with Crippen molar-refractivity contribution in [2.24, 2.45) is 0 Å². The summed E-state index contributed by atoms with van der Waals surface area (Å²) >= 11 is 6.09. The fourth-order valence-corrected chi connectivity index (χ4v) is 4.14. The maximum atomic E-state index is 11.8. The largest absolute Gasteiger partial charge is 0.346 e. The van der Waals surface area contributed by atoms with Crippen LogP contribution in [0.3, 0.4) is 0 Å². The van der Waals surface area contributed by atoms with Gasteiger partial charge in [-0.1, -0.05) is 41.4 Å². The first-order valence-electron chi connectivity index (χ1n) is 9.04. The number of amidine groups is 1. The van der Waals surface area contributed by atoms with Gasteiger partial charge in [0.1, 0.15) is 5.69 Å². The molecule has 0 saturated heterocycles. The third kappa shape index (κ3) is 3.42. The molecule has 5 heteroatoms. The predicted molar refractivity (Wildman–Crippen MR) is 113 cm³/mol. The molecule has 0 aliphatic carbocycles. The Bertz CT molecular complexity index is 804. The zero-order valence-corrected chi connectivity index (χ0v) is 17.5. The van der Waals surface area contributed by atoms with Crippen LogP contribution >= 0.6 is 28.6 Å². The lowest BCUT2D eigenvalue weighted by atomic mass is 9.99. The Balaban J connectivity index is 0.00000196. The molecule has 0 bridgehead atoms. The van der Waals surface area contributed by atoms with Crippen LogP contribution in [0.25, 0.3) is 0 Å². The molecule has 0 aromatic heterocycles. The molecule has 0 saturated carbocycles. The van der Waals surface area contributed by atoms with E-state index in [1.54, 1.807) is 0 Å². The van der Waals surface area contributed by atoms with Gasteiger partial charge in [-0.05, 0) is 50.5 Å². The molecular weight excluding hydrogens is 412 g/mol. The molecule has 0 radical (unpaired) electrons. The Morgan fingerprint density at radius 2 is 1.69 bits per heavy atom. The van der Waals surface area contributed by atoms with E-state index in [1.807, 2.05) is 36.4 Å². The van der Waals surface area contributed by atoms with E-state index in [0.29, 0.717) is 11.6 Å². The van der Waals surface area contributed by atoms with E-state index in [9.17, 15) is 5.11 Å². The molecule has 0 spiro atoms. The van der Waals surface area contributed by atoms with Gasteiger partial charge in [-0.25, -0.2) is 0 Å². The summed E-state index contributed by atoms with van der Waals surface area (Å²) in [5, 5.41) is 12.5. The standard InChI is InChI=1S/C21H24ClN2O.BrH/c1-16-6-8-17(9-7-16)21(25)15-23-14-4-2-3-5-20(23)24(21)19-12-10-18(22)11-13-19;/h6-13,25H,2-5,14-15H2,1H3;1H/q+1;. The van der Waals surface area contributed by atoms with Crippen LogP contribution in [0.1, 0.15) is 36.8 Å². The Hall–Kier alpha value is -1.36. The quantitative estimate of drug-likeness (QED) is 0.679. The monoisotopic (exact) mass is 435 g/mol. The molecule has 138 valence electrons. The SMILES string of the molecule is Br.Cc1ccc(C2(O)C[N+]3=C(CCCCC3)N2c2ccc(Cl)cc2)cc1. The molecule has 1 N–H and O–H groups in total. The van der Waals surface area contributed by atoms with Crippen molar-refractivity contribution in [2.75, 3.05) is 18.0 Å². The van der Waals surface area contributed by atoms with E-state index in [1.165, 1.54) is 30.7 Å². The summed E-state index contributed by atoms with van der Waals surface area (Å²) in [5.41, 5.74) is 2.08. The summed E-state index contributed by atoms with van der Waals surface area (Å²) in [4.78, 5) is 2.12. The minimum atomic E-state index is -1.05. The van der Waals surface area contributed by atoms with E-state index in [0.717, 1.165) is 24.2 Å². The molecule has 2 aliphatic rings. The number of benzene rings is 2. The van der Waals surface area contributed by atoms with E-state index in [4.69, 9.17) is 11.6 Å². The number of rotatable bonds is 2. The van der Waals surface area contributed by atoms with Gasteiger partial charge >= 0.3 is 0 Å². The smallest absolute Gasteiger partial charge is 0.275 e. The van der Waals surface area contributed by atoms with Crippen LogP contribution in [-0.4, -0.2) is 28.6 Å². The lowest BCUT2D eigenvalue weighted by Gasteiger charge is -2.29. The Morgan fingerprint density at radius 3 is 2.38 bits per heavy atom. The van der Waals surface area contributed by atoms with Gasteiger partial charge in [-0.3, -0.25) is 4.58 Å². The zero-order chi connectivity index (χ0) is 17.4. The normalized spacial score (nSPS) is 22.7. The minimum absolute atomic E-state index is 0. The predicted octanol–water partition coefficient (Wildman–Crippen LogP) is 4.88. The number of hydrogen-bond acceptors (Lipinski definition) is 2. The fourth-order valence-electron chi connectivity index (χ4n) is 4.02. The molecule has 4 rings (SSSR count). The highest BCUT2D eigenvalue weighted by Gasteiger charge is 2.53. The molecule has 2 aliphatic heterocycles. The molecule has 2 aromatic rings. The number of halogens is 2. The van der Waals surface area contributed by atoms with Gasteiger partial charge < -0.3 is 5.11 Å². The van der Waals surface area contributed by atoms with Crippen LogP contribution in [0.15, 0.2) is 48.5 Å². The van der Waals surface area contributed by atoms with Crippen molar-refractivity contribution in [1.29, 1.82) is 0 Å². The number of aliphatic hydroxyl groups is 1. The molecular formula is C21H25BrClN2O+. The Morgan fingerprint density at radius 1 is 1.00 bits per heavy atom. The van der Waals surface area contributed by atoms with E-state index in [-0.39, 0.29) is 17.0 Å². The van der Waals surface area contributed by atoms with Crippen molar-refractivity contribution in [3.63, 3.8) is 0 Å². The second kappa shape index (κ2) is 7.71. The lowest BCUT2D eigenvalue weighted by Crippen LogP contribution is -2.47. The van der Waals surface area contributed by atoms with E-state index in [2.05, 4.69) is 28.5 Å². The van der Waals surface area contributed by atoms with Gasteiger partial charge in [0.2, 0.25) is 0 Å². The number of hydrogen-bond donors (Lipinski definition) is 1. The highest BCUT2D eigenvalue weighted by atomic mass is 79.9. The third-order valence-electron chi connectivity index (χ3n) is 5.33. The molecule has 2 aromatic carbocycles. The van der Waals surface area contributed by atoms with Crippen molar-refractivity contribution in [3.8, 4) is 0 Å². The Kier molecular flexibility index (Phi) is 5.75. The summed E-state index contributed by atoms with van der Waals surface area (Å²) in [6, 6.07) is 16.0. The maximum absolute atomic E-state index is 11.8. The lowest BCUT2D eigenvalue weighted by molar-refractivity contribution is -0.534. The van der Waals surface area contributed by atoms with Crippen LogP contribution in [0.5, 0.6) is 0 Å². The molecule has 0 amide bonds. The number of aryl methyl sites for hydroxylation is 1. The molecule has 2 heterocycles. The van der Waals surface area contributed by atoms with Gasteiger partial charge in [0, 0.05) is 17.0 Å². The van der Waals surface area contributed by atoms with Crippen LogP contribution < -0.4 is 4.90 Å².